The Morgan fingerprint density at radius 2 is 0.389 bits per heavy atom. The van der Waals surface area contributed by atoms with Crippen molar-refractivity contribution in [3.63, 3.8) is 0 Å². The van der Waals surface area contributed by atoms with Gasteiger partial charge in [-0.3, -0.25) is 26.7 Å². The molecule has 0 rings (SSSR count). The maximum absolute atomic E-state index is 11.3. The number of thiol groups is 3. The van der Waals surface area contributed by atoms with Gasteiger partial charge in [-0.05, 0) is 38.7 Å². The second kappa shape index (κ2) is 17.1. The number of hydrogen-bond acceptors (Lipinski definition) is 6. The normalized spacial score (nSPS) is 13.0. The van der Waals surface area contributed by atoms with Crippen LogP contribution in [0, 0.1) is 0 Å². The molecule has 0 spiro atoms. The third kappa shape index (κ3) is 20.5. The van der Waals surface area contributed by atoms with Gasteiger partial charge in [-0.1, -0.05) is 0 Å². The van der Waals surface area contributed by atoms with Gasteiger partial charge in [-0.15, -0.1) is 0 Å². The minimum Gasteiger partial charge on any atom is -0.296 e. The highest BCUT2D eigenvalue weighted by Gasteiger charge is 2.59. The molecule has 0 aliphatic rings. The number of hydrogen-bond donors (Lipinski definition) is 3. The monoisotopic (exact) mass is 660 g/mol. The van der Waals surface area contributed by atoms with E-state index in [-0.39, 0.29) is 14.1 Å². The molecular formula is C9H9F21O3S3. The highest BCUT2D eigenvalue weighted by Crippen LogP contribution is 2.37. The van der Waals surface area contributed by atoms with Crippen molar-refractivity contribution in [2.75, 3.05) is 0 Å². The van der Waals surface area contributed by atoms with Gasteiger partial charge in [0.15, 0.2) is 0 Å². The molecule has 0 bridgehead atoms. The lowest BCUT2D eigenvalue weighted by Gasteiger charge is -2.19. The maximum atomic E-state index is 11.3. The van der Waals surface area contributed by atoms with Crippen molar-refractivity contribution in [3.05, 3.63) is 0 Å². The molecule has 0 saturated carbocycles. The first-order valence-electron chi connectivity index (χ1n) is 6.39. The summed E-state index contributed by atoms with van der Waals surface area (Å²) in [6.45, 7) is 0. The molecule has 0 aromatic heterocycles. The maximum Gasteiger partial charge on any atom is 0.424 e. The molecule has 0 unspecified atom stereocenters. The topological polar surface area (TPSA) is 27.7 Å². The van der Waals surface area contributed by atoms with Crippen molar-refractivity contribution in [2.24, 2.45) is 0 Å². The molecule has 0 atom stereocenters. The lowest BCUT2D eigenvalue weighted by atomic mass is 10.3. The zero-order valence-electron chi connectivity index (χ0n) is 15.3. The van der Waals surface area contributed by atoms with Crippen LogP contribution in [0.5, 0.6) is 0 Å². The largest absolute Gasteiger partial charge is 0.424 e. The molecule has 36 heavy (non-hydrogen) atoms. The van der Waals surface area contributed by atoms with E-state index in [1.54, 1.807) is 0 Å². The van der Waals surface area contributed by atoms with E-state index in [1.807, 2.05) is 0 Å². The van der Waals surface area contributed by atoms with Gasteiger partial charge >= 0.3 is 37.1 Å². The van der Waals surface area contributed by atoms with Gasteiger partial charge in [-0.25, -0.2) is 0 Å². The van der Waals surface area contributed by atoms with Gasteiger partial charge < -0.3 is 0 Å². The van der Waals surface area contributed by atoms with Crippen molar-refractivity contribution in [1.29, 1.82) is 0 Å². The standard InChI is InChI=1S/3C3H2F6OS.3FH/c3*4-2(5,6)1(10-11)3(7,8)9;;;/h3*1,11H;3*1H. The fraction of sp³-hybridized carbons (Fsp3) is 1.00. The van der Waals surface area contributed by atoms with Crippen molar-refractivity contribution in [2.45, 2.75) is 55.4 Å². The smallest absolute Gasteiger partial charge is 0.296 e. The Morgan fingerprint density at radius 1 is 0.306 bits per heavy atom. The van der Waals surface area contributed by atoms with Crippen LogP contribution in [0.2, 0.25) is 0 Å². The molecule has 228 valence electrons. The van der Waals surface area contributed by atoms with Crippen LogP contribution in [0.25, 0.3) is 0 Å². The van der Waals surface area contributed by atoms with E-state index in [4.69, 9.17) is 0 Å². The molecular weight excluding hydrogens is 651 g/mol. The van der Waals surface area contributed by atoms with Gasteiger partial charge in [0, 0.05) is 0 Å². The summed E-state index contributed by atoms with van der Waals surface area (Å²) in [6.07, 6.45) is -44.3. The van der Waals surface area contributed by atoms with Crippen molar-refractivity contribution in [1.82, 2.24) is 0 Å². The molecule has 0 aromatic rings. The van der Waals surface area contributed by atoms with Crippen LogP contribution in [0.15, 0.2) is 0 Å². The zero-order chi connectivity index (χ0) is 27.9. The second-order valence-corrected chi connectivity index (χ2v) is 5.34. The minimum absolute atomic E-state index is 0. The Hall–Kier alpha value is -0.540. The summed E-state index contributed by atoms with van der Waals surface area (Å²) in [4.78, 5) is 0. The highest BCUT2D eigenvalue weighted by atomic mass is 32.1. The predicted molar refractivity (Wildman–Crippen MR) is 85.4 cm³/mol. The van der Waals surface area contributed by atoms with Crippen LogP contribution in [0.1, 0.15) is 0 Å². The van der Waals surface area contributed by atoms with E-state index in [0.717, 1.165) is 0 Å². The van der Waals surface area contributed by atoms with Crippen LogP contribution in [-0.2, 0) is 12.5 Å². The fourth-order valence-corrected chi connectivity index (χ4v) is 1.63. The summed E-state index contributed by atoms with van der Waals surface area (Å²) < 4.78 is 213. The van der Waals surface area contributed by atoms with E-state index in [9.17, 15) is 79.0 Å². The van der Waals surface area contributed by atoms with E-state index in [2.05, 4.69) is 51.3 Å². The van der Waals surface area contributed by atoms with Crippen molar-refractivity contribution in [3.8, 4) is 0 Å². The average molecular weight is 660 g/mol. The first-order chi connectivity index (χ1) is 14.1. The average Bonchev–Trinajstić information content (AvgIpc) is 2.40. The number of halogens is 21. The summed E-state index contributed by atoms with van der Waals surface area (Å²) in [5.41, 5.74) is 0. The lowest BCUT2D eigenvalue weighted by Crippen LogP contribution is -2.42. The molecule has 0 heterocycles. The third-order valence-electron chi connectivity index (χ3n) is 2.10. The predicted octanol–water partition coefficient (Wildman–Crippen LogP) is 7.48. The highest BCUT2D eigenvalue weighted by molar-refractivity contribution is 7.75. The molecule has 0 amide bonds. The van der Waals surface area contributed by atoms with Crippen LogP contribution < -0.4 is 0 Å². The number of alkyl halides is 18. The summed E-state index contributed by atoms with van der Waals surface area (Å²) in [7, 11) is 0. The molecule has 0 aliphatic carbocycles. The van der Waals surface area contributed by atoms with Crippen LogP contribution >= 0.6 is 38.7 Å². The molecule has 27 heteroatoms. The van der Waals surface area contributed by atoms with Crippen LogP contribution in [0.4, 0.5) is 93.1 Å². The molecule has 0 aliphatic heterocycles. The summed E-state index contributed by atoms with van der Waals surface area (Å²) >= 11 is 7.39. The van der Waals surface area contributed by atoms with E-state index in [0.29, 0.717) is 0 Å². The second-order valence-electron chi connectivity index (χ2n) is 4.71. The summed E-state index contributed by atoms with van der Waals surface area (Å²) in [5, 5.41) is 0. The van der Waals surface area contributed by atoms with Crippen LogP contribution in [0.3, 0.4) is 0 Å². The van der Waals surface area contributed by atoms with Gasteiger partial charge in [0.2, 0.25) is 0 Å². The molecule has 0 radical (unpaired) electrons. The molecule has 0 saturated heterocycles. The van der Waals surface area contributed by atoms with E-state index >= 15 is 0 Å². The van der Waals surface area contributed by atoms with Crippen molar-refractivity contribution >= 4 is 38.7 Å². The number of rotatable bonds is 3. The lowest BCUT2D eigenvalue weighted by molar-refractivity contribution is -0.297. The fourth-order valence-electron chi connectivity index (χ4n) is 0.915. The molecule has 0 fully saturated rings. The molecule has 0 aromatic carbocycles. The zero-order valence-corrected chi connectivity index (χ0v) is 18.0. The van der Waals surface area contributed by atoms with Crippen molar-refractivity contribution < 1.29 is 106 Å². The molecule has 3 nitrogen and oxygen atoms in total. The quantitative estimate of drug-likeness (QED) is 0.167. The van der Waals surface area contributed by atoms with E-state index < -0.39 is 55.4 Å². The van der Waals surface area contributed by atoms with E-state index in [1.165, 1.54) is 0 Å². The Labute approximate surface area is 200 Å². The SMILES string of the molecule is F.F.F.FC(F)(F)C(OS)C(F)(F)F.FC(F)(F)C(OS)C(F)(F)F.FC(F)(F)C(OS)C(F)(F)F. The van der Waals surface area contributed by atoms with Crippen LogP contribution in [-0.4, -0.2) is 55.4 Å². The summed E-state index contributed by atoms with van der Waals surface area (Å²) in [5.74, 6) is 0. The van der Waals surface area contributed by atoms with Gasteiger partial charge in [0.1, 0.15) is 0 Å². The first-order valence-corrected chi connectivity index (χ1v) is 7.48. The Morgan fingerprint density at radius 3 is 0.389 bits per heavy atom. The molecule has 0 N–H and O–H groups in total. The third-order valence-corrected chi connectivity index (χ3v) is 2.73. The van der Waals surface area contributed by atoms with Gasteiger partial charge in [-0.2, -0.15) is 79.0 Å². The minimum atomic E-state index is -5.47. The Bertz CT molecular complexity index is 417. The van der Waals surface area contributed by atoms with Gasteiger partial charge in [0.05, 0.1) is 0 Å². The Kier molecular flexibility index (Phi) is 23.1. The van der Waals surface area contributed by atoms with Gasteiger partial charge in [0.25, 0.3) is 18.3 Å². The summed E-state index contributed by atoms with van der Waals surface area (Å²) in [6, 6.07) is 0. The Balaban J connectivity index is -0.0000000900. The first kappa shape index (κ1) is 48.5.